The van der Waals surface area contributed by atoms with Crippen LogP contribution >= 0.6 is 0 Å². The molecular formula is C20H21N3O4S. The van der Waals surface area contributed by atoms with Crippen LogP contribution in [0.4, 0.5) is 11.4 Å². The average molecular weight is 399 g/mol. The summed E-state index contributed by atoms with van der Waals surface area (Å²) in [5, 5.41) is 3.27. The molecule has 0 spiro atoms. The number of aromatic nitrogens is 1. The van der Waals surface area contributed by atoms with Crippen molar-refractivity contribution in [2.45, 2.75) is 11.4 Å². The standard InChI is InChI=1S/C20H21N3O4S/c1-26-18-7-8-19(27-2)20(13-18)28(24,25)23-17-5-3-16(4-6-17)22-14-15-9-11-21-12-10-15/h3-13,22-23H,14H2,1-2H3. The van der Waals surface area contributed by atoms with Crippen molar-refractivity contribution in [1.29, 1.82) is 0 Å². The maximum atomic E-state index is 12.8. The third-order valence-electron chi connectivity index (χ3n) is 4.04. The van der Waals surface area contributed by atoms with Gasteiger partial charge in [0.15, 0.2) is 0 Å². The number of methoxy groups -OCH3 is 2. The number of hydrogen-bond donors (Lipinski definition) is 2. The van der Waals surface area contributed by atoms with Crippen molar-refractivity contribution >= 4 is 21.4 Å². The van der Waals surface area contributed by atoms with Crippen molar-refractivity contribution in [3.63, 3.8) is 0 Å². The molecule has 0 aliphatic rings. The molecule has 0 fully saturated rings. The fourth-order valence-electron chi connectivity index (χ4n) is 2.57. The lowest BCUT2D eigenvalue weighted by Gasteiger charge is -2.13. The van der Waals surface area contributed by atoms with E-state index in [0.29, 0.717) is 18.0 Å². The number of benzene rings is 2. The smallest absolute Gasteiger partial charge is 0.265 e. The summed E-state index contributed by atoms with van der Waals surface area (Å²) in [6, 6.07) is 15.5. The molecule has 2 N–H and O–H groups in total. The highest BCUT2D eigenvalue weighted by Crippen LogP contribution is 2.30. The molecule has 28 heavy (non-hydrogen) atoms. The summed E-state index contributed by atoms with van der Waals surface area (Å²) < 4.78 is 38.4. The van der Waals surface area contributed by atoms with Crippen molar-refractivity contribution in [1.82, 2.24) is 4.98 Å². The molecule has 1 aromatic heterocycles. The van der Waals surface area contributed by atoms with Crippen molar-refractivity contribution in [3.05, 3.63) is 72.6 Å². The first-order valence-electron chi connectivity index (χ1n) is 8.49. The van der Waals surface area contributed by atoms with Gasteiger partial charge in [0.1, 0.15) is 16.4 Å². The fourth-order valence-corrected chi connectivity index (χ4v) is 3.81. The van der Waals surface area contributed by atoms with Crippen molar-refractivity contribution in [2.24, 2.45) is 0 Å². The largest absolute Gasteiger partial charge is 0.497 e. The van der Waals surface area contributed by atoms with E-state index < -0.39 is 10.0 Å². The Kier molecular flexibility index (Phi) is 6.00. The van der Waals surface area contributed by atoms with E-state index in [2.05, 4.69) is 15.0 Å². The predicted molar refractivity (Wildman–Crippen MR) is 108 cm³/mol. The van der Waals surface area contributed by atoms with Crippen LogP contribution in [0.1, 0.15) is 5.56 Å². The molecule has 0 aliphatic heterocycles. The van der Waals surface area contributed by atoms with Crippen molar-refractivity contribution < 1.29 is 17.9 Å². The number of rotatable bonds is 8. The van der Waals surface area contributed by atoms with E-state index in [1.807, 2.05) is 24.3 Å². The fraction of sp³-hybridized carbons (Fsp3) is 0.150. The molecule has 2 aromatic carbocycles. The van der Waals surface area contributed by atoms with Gasteiger partial charge in [-0.15, -0.1) is 0 Å². The van der Waals surface area contributed by atoms with Crippen LogP contribution in [0.2, 0.25) is 0 Å². The Hall–Kier alpha value is -3.26. The van der Waals surface area contributed by atoms with Gasteiger partial charge in [0.05, 0.1) is 14.2 Å². The summed E-state index contributed by atoms with van der Waals surface area (Å²) in [5.41, 5.74) is 2.42. The first-order chi connectivity index (χ1) is 13.5. The molecule has 3 aromatic rings. The number of sulfonamides is 1. The third kappa shape index (κ3) is 4.72. The van der Waals surface area contributed by atoms with Gasteiger partial charge in [-0.3, -0.25) is 9.71 Å². The summed E-state index contributed by atoms with van der Waals surface area (Å²) in [7, 11) is -0.943. The third-order valence-corrected chi connectivity index (χ3v) is 5.45. The molecule has 0 amide bonds. The van der Waals surface area contributed by atoms with Crippen LogP contribution in [0, 0.1) is 0 Å². The summed E-state index contributed by atoms with van der Waals surface area (Å²) >= 11 is 0. The van der Waals surface area contributed by atoms with Crippen LogP contribution in [-0.4, -0.2) is 27.6 Å². The Bertz CT molecular complexity index is 1020. The van der Waals surface area contributed by atoms with Gasteiger partial charge >= 0.3 is 0 Å². The van der Waals surface area contributed by atoms with Gasteiger partial charge in [0.25, 0.3) is 10.0 Å². The summed E-state index contributed by atoms with van der Waals surface area (Å²) in [5.74, 6) is 0.667. The molecule has 146 valence electrons. The van der Waals surface area contributed by atoms with Gasteiger partial charge in [-0.2, -0.15) is 0 Å². The minimum absolute atomic E-state index is 0.00855. The zero-order chi connectivity index (χ0) is 20.0. The van der Waals surface area contributed by atoms with Gasteiger partial charge in [0.2, 0.25) is 0 Å². The number of anilines is 2. The minimum atomic E-state index is -3.84. The number of ether oxygens (including phenoxy) is 2. The first kappa shape index (κ1) is 19.5. The average Bonchev–Trinajstić information content (AvgIpc) is 2.73. The SMILES string of the molecule is COc1ccc(OC)c(S(=O)(=O)Nc2ccc(NCc3ccncc3)cc2)c1. The van der Waals surface area contributed by atoms with E-state index in [1.165, 1.54) is 20.3 Å². The van der Waals surface area contributed by atoms with Gasteiger partial charge in [-0.1, -0.05) is 0 Å². The van der Waals surface area contributed by atoms with Crippen molar-refractivity contribution in [3.8, 4) is 11.5 Å². The number of hydrogen-bond acceptors (Lipinski definition) is 6. The lowest BCUT2D eigenvalue weighted by atomic mass is 10.2. The van der Waals surface area contributed by atoms with E-state index in [9.17, 15) is 8.42 Å². The minimum Gasteiger partial charge on any atom is -0.497 e. The molecule has 0 radical (unpaired) electrons. The normalized spacial score (nSPS) is 10.9. The van der Waals surface area contributed by atoms with Gasteiger partial charge < -0.3 is 14.8 Å². The monoisotopic (exact) mass is 399 g/mol. The summed E-state index contributed by atoms with van der Waals surface area (Å²) in [6.07, 6.45) is 3.48. The highest BCUT2D eigenvalue weighted by molar-refractivity contribution is 7.92. The molecule has 7 nitrogen and oxygen atoms in total. The molecule has 0 aliphatic carbocycles. The Morgan fingerprint density at radius 2 is 1.57 bits per heavy atom. The van der Waals surface area contributed by atoms with Gasteiger partial charge in [-0.25, -0.2) is 8.42 Å². The number of pyridine rings is 1. The van der Waals surface area contributed by atoms with E-state index in [4.69, 9.17) is 9.47 Å². The summed E-state index contributed by atoms with van der Waals surface area (Å²) in [6.45, 7) is 0.647. The van der Waals surface area contributed by atoms with Crippen LogP contribution in [0.25, 0.3) is 0 Å². The quantitative estimate of drug-likeness (QED) is 0.602. The van der Waals surface area contributed by atoms with Gasteiger partial charge in [-0.05, 0) is 54.1 Å². The molecule has 0 saturated heterocycles. The second kappa shape index (κ2) is 8.62. The Balaban J connectivity index is 1.72. The number of nitrogens with zero attached hydrogens (tertiary/aromatic N) is 1. The number of nitrogens with one attached hydrogen (secondary N) is 2. The molecule has 0 unspecified atom stereocenters. The second-order valence-corrected chi connectivity index (χ2v) is 7.56. The molecule has 3 rings (SSSR count). The Morgan fingerprint density at radius 1 is 0.893 bits per heavy atom. The molecular weight excluding hydrogens is 378 g/mol. The van der Waals surface area contributed by atoms with E-state index >= 15 is 0 Å². The zero-order valence-corrected chi connectivity index (χ0v) is 16.4. The van der Waals surface area contributed by atoms with Crippen LogP contribution in [0.15, 0.2) is 71.9 Å². The molecule has 0 saturated carbocycles. The second-order valence-electron chi connectivity index (χ2n) is 5.91. The lowest BCUT2D eigenvalue weighted by Crippen LogP contribution is -2.14. The topological polar surface area (TPSA) is 89.5 Å². The predicted octanol–water partition coefficient (Wildman–Crippen LogP) is 3.51. The lowest BCUT2D eigenvalue weighted by molar-refractivity contribution is 0.392. The van der Waals surface area contributed by atoms with Gasteiger partial charge in [0, 0.05) is 36.4 Å². The molecule has 1 heterocycles. The highest BCUT2D eigenvalue weighted by Gasteiger charge is 2.20. The summed E-state index contributed by atoms with van der Waals surface area (Å²) in [4.78, 5) is 3.99. The van der Waals surface area contributed by atoms with Crippen LogP contribution < -0.4 is 19.5 Å². The van der Waals surface area contributed by atoms with E-state index in [1.54, 1.807) is 36.7 Å². The van der Waals surface area contributed by atoms with Crippen molar-refractivity contribution in [2.75, 3.05) is 24.3 Å². The molecule has 8 heteroatoms. The highest BCUT2D eigenvalue weighted by atomic mass is 32.2. The maximum Gasteiger partial charge on any atom is 0.265 e. The zero-order valence-electron chi connectivity index (χ0n) is 15.5. The van der Waals surface area contributed by atoms with Crippen LogP contribution in [0.3, 0.4) is 0 Å². The van der Waals surface area contributed by atoms with Crippen LogP contribution in [-0.2, 0) is 16.6 Å². The molecule has 0 bridgehead atoms. The Labute approximate surface area is 164 Å². The van der Waals surface area contributed by atoms with E-state index in [0.717, 1.165) is 11.3 Å². The Morgan fingerprint density at radius 3 is 2.21 bits per heavy atom. The van der Waals surface area contributed by atoms with Crippen LogP contribution in [0.5, 0.6) is 11.5 Å². The maximum absolute atomic E-state index is 12.8. The molecule has 0 atom stereocenters. The first-order valence-corrected chi connectivity index (χ1v) is 9.98. The van der Waals surface area contributed by atoms with E-state index in [-0.39, 0.29) is 10.6 Å².